The average Bonchev–Trinajstić information content (AvgIpc) is 2.88. The van der Waals surface area contributed by atoms with Gasteiger partial charge in [-0.05, 0) is 56.8 Å². The Morgan fingerprint density at radius 1 is 0.688 bits per heavy atom. The average molecular weight is 464 g/mol. The maximum absolute atomic E-state index is 10.9. The van der Waals surface area contributed by atoms with Crippen LogP contribution in [0.1, 0.15) is 75.6 Å². The van der Waals surface area contributed by atoms with Crippen LogP contribution in [0.3, 0.4) is 0 Å². The first-order chi connectivity index (χ1) is 13.2. The van der Waals surface area contributed by atoms with Gasteiger partial charge < -0.3 is 27.4 Å². The largest absolute Gasteiger partial charge is 3.00 e. The summed E-state index contributed by atoms with van der Waals surface area (Å²) in [5.41, 5.74) is 9.77. The third kappa shape index (κ3) is 4.75. The Morgan fingerprint density at radius 3 is 1.94 bits per heavy atom. The van der Waals surface area contributed by atoms with Crippen molar-refractivity contribution >= 4 is 0 Å². The van der Waals surface area contributed by atoms with Crippen LogP contribution in [-0.4, -0.2) is 5.11 Å². The topological polar surface area (TPSA) is 20.2 Å². The summed E-state index contributed by atoms with van der Waals surface area (Å²) in [5.74, 6) is 1.23. The molecule has 0 unspecified atom stereocenters. The maximum Gasteiger partial charge on any atom is 3.00 e. The molecule has 0 bridgehead atoms. The molecule has 3 aromatic rings. The molecular formula is C30H39OTi. The Morgan fingerprint density at radius 2 is 1.34 bits per heavy atom. The molecule has 3 aromatic carbocycles. The van der Waals surface area contributed by atoms with Crippen molar-refractivity contribution in [2.45, 2.75) is 58.8 Å². The molecule has 1 aliphatic carbocycles. The summed E-state index contributed by atoms with van der Waals surface area (Å²) in [6, 6.07) is 19.7. The molecule has 2 heteroatoms. The molecule has 0 spiro atoms. The second-order valence-electron chi connectivity index (χ2n) is 9.24. The van der Waals surface area contributed by atoms with Crippen molar-refractivity contribution in [3.63, 3.8) is 0 Å². The van der Waals surface area contributed by atoms with Crippen molar-refractivity contribution in [1.82, 2.24) is 0 Å². The fourth-order valence-corrected chi connectivity index (χ4v) is 4.56. The molecule has 0 saturated heterocycles. The molecule has 0 fully saturated rings. The van der Waals surface area contributed by atoms with Crippen molar-refractivity contribution in [3.8, 4) is 28.0 Å². The smallest absolute Gasteiger partial charge is 0.507 e. The number of phenols is 1. The standard InChI is InChI=1S/C27H30O.3CH3.Ti/c1-16(2)18-11-13-24-23(14-18)22-12-10-19(15-25(22)27(24,5)6)21-9-7-8-20(17(3)4)26(21)28;;;;/h7-17,28H,1-6H3;3*1H3;/q;3*-1;+3. The Labute approximate surface area is 212 Å². The molecule has 32 heavy (non-hydrogen) atoms. The Kier molecular flexibility index (Phi) is 10.2. The fraction of sp³-hybridized carbons (Fsp3) is 0.300. The summed E-state index contributed by atoms with van der Waals surface area (Å²) >= 11 is 0. The van der Waals surface area contributed by atoms with Gasteiger partial charge in [0.15, 0.2) is 0 Å². The SMILES string of the molecule is CC(C)c1ccc2c(c1)-c1ccc(-c3cccc(C(C)C)c3O)cc1C2(C)C.[CH3-].[CH3-].[CH3-].[Ti+3]. The summed E-state index contributed by atoms with van der Waals surface area (Å²) in [5, 5.41) is 10.9. The molecule has 0 heterocycles. The molecule has 1 N–H and O–H groups in total. The van der Waals surface area contributed by atoms with Gasteiger partial charge in [-0.25, -0.2) is 0 Å². The van der Waals surface area contributed by atoms with E-state index in [1.165, 1.54) is 27.8 Å². The molecular weight excluding hydrogens is 424 g/mol. The maximum atomic E-state index is 10.9. The fourth-order valence-electron chi connectivity index (χ4n) is 4.56. The molecule has 1 nitrogen and oxygen atoms in total. The molecule has 1 radical (unpaired) electrons. The van der Waals surface area contributed by atoms with Crippen molar-refractivity contribution in [1.29, 1.82) is 0 Å². The van der Waals surface area contributed by atoms with Crippen LogP contribution < -0.4 is 0 Å². The van der Waals surface area contributed by atoms with Gasteiger partial charge in [-0.15, -0.1) is 0 Å². The third-order valence-electron chi connectivity index (χ3n) is 6.37. The summed E-state index contributed by atoms with van der Waals surface area (Å²) in [6.45, 7) is 13.3. The van der Waals surface area contributed by atoms with E-state index < -0.39 is 0 Å². The number of hydrogen-bond acceptors (Lipinski definition) is 1. The number of aromatic hydroxyl groups is 1. The number of fused-ring (bicyclic) bond motifs is 3. The summed E-state index contributed by atoms with van der Waals surface area (Å²) < 4.78 is 0. The quantitative estimate of drug-likeness (QED) is 0.304. The van der Waals surface area contributed by atoms with Gasteiger partial charge in [0.2, 0.25) is 0 Å². The summed E-state index contributed by atoms with van der Waals surface area (Å²) in [6.07, 6.45) is 0. The first-order valence-corrected chi connectivity index (χ1v) is 10.3. The van der Waals surface area contributed by atoms with Crippen molar-refractivity contribution in [3.05, 3.63) is 99.1 Å². The number of rotatable bonds is 3. The van der Waals surface area contributed by atoms with E-state index in [2.05, 4.69) is 77.9 Å². The molecule has 4 rings (SSSR count). The summed E-state index contributed by atoms with van der Waals surface area (Å²) in [4.78, 5) is 0. The Hall–Kier alpha value is -1.83. The minimum absolute atomic E-state index is 0. The van der Waals surface area contributed by atoms with E-state index in [-0.39, 0.29) is 49.4 Å². The zero-order valence-electron chi connectivity index (χ0n) is 21.3. The van der Waals surface area contributed by atoms with E-state index in [4.69, 9.17) is 0 Å². The molecule has 0 saturated carbocycles. The van der Waals surface area contributed by atoms with Gasteiger partial charge in [-0.3, -0.25) is 0 Å². The van der Waals surface area contributed by atoms with Gasteiger partial charge >= 0.3 is 21.7 Å². The van der Waals surface area contributed by atoms with Crippen LogP contribution in [0.5, 0.6) is 5.75 Å². The molecule has 1 aliphatic rings. The first-order valence-electron chi connectivity index (χ1n) is 10.3. The van der Waals surface area contributed by atoms with Crippen molar-refractivity contribution in [2.24, 2.45) is 0 Å². The third-order valence-corrected chi connectivity index (χ3v) is 6.37. The molecule has 0 amide bonds. The van der Waals surface area contributed by atoms with Crippen LogP contribution in [0.15, 0.2) is 54.6 Å². The molecule has 0 atom stereocenters. The van der Waals surface area contributed by atoms with Crippen molar-refractivity contribution < 1.29 is 26.8 Å². The van der Waals surface area contributed by atoms with E-state index in [1.807, 2.05) is 18.2 Å². The zero-order valence-corrected chi connectivity index (χ0v) is 22.9. The predicted molar refractivity (Wildman–Crippen MR) is 139 cm³/mol. The second-order valence-corrected chi connectivity index (χ2v) is 9.24. The number of hydrogen-bond donors (Lipinski definition) is 1. The Balaban J connectivity index is 0.00000240. The van der Waals surface area contributed by atoms with Gasteiger partial charge in [-0.2, -0.15) is 0 Å². The minimum atomic E-state index is -0.0402. The monoisotopic (exact) mass is 463 g/mol. The number of benzene rings is 3. The molecule has 0 aromatic heterocycles. The van der Waals surface area contributed by atoms with Crippen LogP contribution in [0, 0.1) is 22.3 Å². The van der Waals surface area contributed by atoms with Crippen LogP contribution in [0.2, 0.25) is 0 Å². The van der Waals surface area contributed by atoms with E-state index in [1.54, 1.807) is 0 Å². The summed E-state index contributed by atoms with van der Waals surface area (Å²) in [7, 11) is 0. The van der Waals surface area contributed by atoms with Crippen LogP contribution in [0.25, 0.3) is 22.3 Å². The molecule has 169 valence electrons. The van der Waals surface area contributed by atoms with Crippen LogP contribution >= 0.6 is 0 Å². The normalized spacial score (nSPS) is 12.6. The van der Waals surface area contributed by atoms with Crippen molar-refractivity contribution in [2.75, 3.05) is 0 Å². The van der Waals surface area contributed by atoms with E-state index in [9.17, 15) is 5.11 Å². The number of phenolic OH excluding ortho intramolecular Hbond substituents is 1. The van der Waals surface area contributed by atoms with E-state index in [0.29, 0.717) is 17.6 Å². The number of para-hydroxylation sites is 1. The van der Waals surface area contributed by atoms with Gasteiger partial charge in [0.1, 0.15) is 5.75 Å². The molecule has 0 aliphatic heterocycles. The van der Waals surface area contributed by atoms with Crippen LogP contribution in [0.4, 0.5) is 0 Å². The minimum Gasteiger partial charge on any atom is -0.507 e. The Bertz CT molecular complexity index is 1060. The van der Waals surface area contributed by atoms with E-state index >= 15 is 0 Å². The second kappa shape index (κ2) is 10.9. The van der Waals surface area contributed by atoms with E-state index in [0.717, 1.165) is 16.7 Å². The predicted octanol–water partition coefficient (Wildman–Crippen LogP) is 8.96. The van der Waals surface area contributed by atoms with Gasteiger partial charge in [-0.1, -0.05) is 90.1 Å². The first kappa shape index (κ1) is 30.2. The zero-order chi connectivity index (χ0) is 20.2. The van der Waals surface area contributed by atoms with Gasteiger partial charge in [0, 0.05) is 11.0 Å². The van der Waals surface area contributed by atoms with Crippen LogP contribution in [-0.2, 0) is 27.1 Å². The van der Waals surface area contributed by atoms with Gasteiger partial charge in [0.25, 0.3) is 0 Å². The van der Waals surface area contributed by atoms with Gasteiger partial charge in [0.05, 0.1) is 0 Å².